The summed E-state index contributed by atoms with van der Waals surface area (Å²) in [6.07, 6.45) is 1.72. The molecule has 0 unspecified atom stereocenters. The molecule has 0 aliphatic heterocycles. The number of ether oxygens (including phenoxy) is 1. The van der Waals surface area contributed by atoms with E-state index in [2.05, 4.69) is 5.32 Å². The lowest BCUT2D eigenvalue weighted by Crippen LogP contribution is -2.51. The molecule has 0 spiro atoms. The molecule has 0 aliphatic carbocycles. The topological polar surface area (TPSA) is 96.0 Å². The quantitative estimate of drug-likeness (QED) is 0.295. The molecule has 10 heteroatoms. The molecule has 3 aromatic carbocycles. The van der Waals surface area contributed by atoms with Crippen molar-refractivity contribution < 1.29 is 22.7 Å². The van der Waals surface area contributed by atoms with Crippen LogP contribution in [-0.4, -0.2) is 51.4 Å². The first-order valence-corrected chi connectivity index (χ1v) is 14.5. The monoisotopic (exact) mass is 571 g/mol. The number of amides is 2. The average Bonchev–Trinajstić information content (AvgIpc) is 2.95. The first-order valence-electron chi connectivity index (χ1n) is 12.7. The van der Waals surface area contributed by atoms with E-state index in [-0.39, 0.29) is 23.0 Å². The van der Waals surface area contributed by atoms with Crippen LogP contribution in [0.1, 0.15) is 32.3 Å². The van der Waals surface area contributed by atoms with Crippen molar-refractivity contribution in [1.82, 2.24) is 10.2 Å². The van der Waals surface area contributed by atoms with E-state index in [1.165, 1.54) is 17.0 Å². The zero-order valence-corrected chi connectivity index (χ0v) is 23.9. The Morgan fingerprint density at radius 1 is 1.00 bits per heavy atom. The van der Waals surface area contributed by atoms with Gasteiger partial charge < -0.3 is 15.0 Å². The van der Waals surface area contributed by atoms with Crippen LogP contribution < -0.4 is 14.4 Å². The largest absolute Gasteiger partial charge is 0.497 e. The summed E-state index contributed by atoms with van der Waals surface area (Å²) in [5.41, 5.74) is 1.01. The van der Waals surface area contributed by atoms with E-state index in [4.69, 9.17) is 16.3 Å². The Labute approximate surface area is 235 Å². The molecule has 3 aromatic rings. The summed E-state index contributed by atoms with van der Waals surface area (Å²) < 4.78 is 33.8. The van der Waals surface area contributed by atoms with E-state index in [9.17, 15) is 18.0 Å². The fraction of sp³-hybridized carbons (Fsp3) is 0.310. The molecule has 2 amide bonds. The van der Waals surface area contributed by atoms with Gasteiger partial charge in [0.1, 0.15) is 18.3 Å². The van der Waals surface area contributed by atoms with Crippen molar-refractivity contribution in [2.24, 2.45) is 0 Å². The van der Waals surface area contributed by atoms with Crippen LogP contribution in [0.3, 0.4) is 0 Å². The number of hydrogen-bond donors (Lipinski definition) is 1. The van der Waals surface area contributed by atoms with Crippen molar-refractivity contribution in [3.63, 3.8) is 0 Å². The molecule has 0 saturated carbocycles. The normalized spacial score (nSPS) is 11.9. The molecule has 0 bridgehead atoms. The molecule has 39 heavy (non-hydrogen) atoms. The van der Waals surface area contributed by atoms with Crippen LogP contribution in [0.25, 0.3) is 0 Å². The van der Waals surface area contributed by atoms with Gasteiger partial charge in [0.2, 0.25) is 11.8 Å². The SMILES string of the molecule is CCCCNC(=O)[C@@H](C)N(Cc1cccc(OC)c1)C(=O)CN(c1ccc(Cl)cc1)S(=O)(=O)c1ccccc1. The third kappa shape index (κ3) is 7.97. The molecule has 0 aromatic heterocycles. The number of rotatable bonds is 13. The number of nitrogens with zero attached hydrogens (tertiary/aromatic N) is 2. The first kappa shape index (κ1) is 30.0. The maximum atomic E-state index is 13.9. The fourth-order valence-electron chi connectivity index (χ4n) is 3.94. The van der Waals surface area contributed by atoms with Crippen LogP contribution in [0, 0.1) is 0 Å². The number of hydrogen-bond acceptors (Lipinski definition) is 5. The third-order valence-corrected chi connectivity index (χ3v) is 8.25. The van der Waals surface area contributed by atoms with Gasteiger partial charge in [-0.3, -0.25) is 13.9 Å². The maximum Gasteiger partial charge on any atom is 0.264 e. The number of benzene rings is 3. The van der Waals surface area contributed by atoms with E-state index in [0.717, 1.165) is 22.7 Å². The summed E-state index contributed by atoms with van der Waals surface area (Å²) in [6.45, 7) is 3.71. The zero-order chi connectivity index (χ0) is 28.4. The van der Waals surface area contributed by atoms with E-state index >= 15 is 0 Å². The Balaban J connectivity index is 1.99. The van der Waals surface area contributed by atoms with E-state index in [0.29, 0.717) is 17.3 Å². The number of methoxy groups -OCH3 is 1. The highest BCUT2D eigenvalue weighted by Gasteiger charge is 2.32. The zero-order valence-electron chi connectivity index (χ0n) is 22.3. The van der Waals surface area contributed by atoms with Crippen molar-refractivity contribution in [2.75, 3.05) is 24.5 Å². The summed E-state index contributed by atoms with van der Waals surface area (Å²) in [5, 5.41) is 3.30. The highest BCUT2D eigenvalue weighted by Crippen LogP contribution is 2.26. The third-order valence-electron chi connectivity index (χ3n) is 6.21. The number of sulfonamides is 1. The van der Waals surface area contributed by atoms with Gasteiger partial charge in [0.25, 0.3) is 10.0 Å². The minimum Gasteiger partial charge on any atom is -0.497 e. The Kier molecular flexibility index (Phi) is 10.8. The van der Waals surface area contributed by atoms with E-state index in [1.54, 1.807) is 74.7 Å². The number of carbonyl (C=O) groups excluding carboxylic acids is 2. The summed E-state index contributed by atoms with van der Waals surface area (Å²) in [4.78, 5) is 28.3. The summed E-state index contributed by atoms with van der Waals surface area (Å²) in [7, 11) is -2.57. The number of carbonyl (C=O) groups is 2. The molecule has 0 heterocycles. The van der Waals surface area contributed by atoms with Gasteiger partial charge in [-0.15, -0.1) is 0 Å². The molecular formula is C29H34ClN3O5S. The van der Waals surface area contributed by atoms with E-state index in [1.807, 2.05) is 13.0 Å². The number of unbranched alkanes of at least 4 members (excludes halogenated alkanes) is 1. The summed E-state index contributed by atoms with van der Waals surface area (Å²) >= 11 is 6.05. The minimum atomic E-state index is -4.12. The lowest BCUT2D eigenvalue weighted by molar-refractivity contribution is -0.139. The predicted molar refractivity (Wildman–Crippen MR) is 153 cm³/mol. The molecule has 0 saturated heterocycles. The number of halogens is 1. The van der Waals surface area contributed by atoms with Gasteiger partial charge in [-0.2, -0.15) is 0 Å². The highest BCUT2D eigenvalue weighted by molar-refractivity contribution is 7.92. The maximum absolute atomic E-state index is 13.9. The second kappa shape index (κ2) is 14.0. The Morgan fingerprint density at radius 2 is 1.69 bits per heavy atom. The van der Waals surface area contributed by atoms with Crippen molar-refractivity contribution >= 4 is 39.1 Å². The van der Waals surface area contributed by atoms with Crippen LogP contribution in [0.4, 0.5) is 5.69 Å². The molecule has 0 fully saturated rings. The second-order valence-corrected chi connectivity index (χ2v) is 11.3. The predicted octanol–water partition coefficient (Wildman–Crippen LogP) is 4.88. The molecular weight excluding hydrogens is 538 g/mol. The summed E-state index contributed by atoms with van der Waals surface area (Å²) in [5.74, 6) is -0.247. The van der Waals surface area contributed by atoms with Gasteiger partial charge in [0.05, 0.1) is 17.7 Å². The van der Waals surface area contributed by atoms with Gasteiger partial charge in [0.15, 0.2) is 0 Å². The van der Waals surface area contributed by atoms with Crippen LogP contribution >= 0.6 is 11.6 Å². The molecule has 0 aliphatic rings. The van der Waals surface area contributed by atoms with Crippen LogP contribution in [0.2, 0.25) is 5.02 Å². The van der Waals surface area contributed by atoms with Gasteiger partial charge in [-0.1, -0.05) is 55.3 Å². The van der Waals surface area contributed by atoms with Gasteiger partial charge in [-0.25, -0.2) is 8.42 Å². The van der Waals surface area contributed by atoms with E-state index < -0.39 is 28.5 Å². The van der Waals surface area contributed by atoms with Gasteiger partial charge >= 0.3 is 0 Å². The van der Waals surface area contributed by atoms with Crippen molar-refractivity contribution in [1.29, 1.82) is 0 Å². The molecule has 3 rings (SSSR count). The molecule has 0 radical (unpaired) electrons. The van der Waals surface area contributed by atoms with Crippen molar-refractivity contribution in [2.45, 2.75) is 44.2 Å². The van der Waals surface area contributed by atoms with Crippen LogP contribution in [0.15, 0.2) is 83.8 Å². The molecule has 1 atom stereocenters. The Morgan fingerprint density at radius 3 is 2.33 bits per heavy atom. The second-order valence-electron chi connectivity index (χ2n) is 8.99. The average molecular weight is 572 g/mol. The summed E-state index contributed by atoms with van der Waals surface area (Å²) in [6, 6.07) is 20.4. The fourth-order valence-corrected chi connectivity index (χ4v) is 5.50. The van der Waals surface area contributed by atoms with Gasteiger partial charge in [-0.05, 0) is 67.4 Å². The standard InChI is InChI=1S/C29H34ClN3O5S/c1-4-5-18-31-29(35)22(2)32(20-23-10-9-11-26(19-23)38-3)28(34)21-33(25-16-14-24(30)15-17-25)39(36,37)27-12-7-6-8-13-27/h6-17,19,22H,4-5,18,20-21H2,1-3H3,(H,31,35)/t22-/m1/s1. The lowest BCUT2D eigenvalue weighted by Gasteiger charge is -2.32. The highest BCUT2D eigenvalue weighted by atomic mass is 35.5. The number of nitrogens with one attached hydrogen (secondary N) is 1. The molecule has 208 valence electrons. The minimum absolute atomic E-state index is 0.0393. The first-order chi connectivity index (χ1) is 18.7. The molecule has 1 N–H and O–H groups in total. The van der Waals surface area contributed by atoms with Crippen LogP contribution in [0.5, 0.6) is 5.75 Å². The van der Waals surface area contributed by atoms with Crippen LogP contribution in [-0.2, 0) is 26.2 Å². The van der Waals surface area contributed by atoms with Crippen molar-refractivity contribution in [3.05, 3.63) is 89.4 Å². The smallest absolute Gasteiger partial charge is 0.264 e. The van der Waals surface area contributed by atoms with Crippen molar-refractivity contribution in [3.8, 4) is 5.75 Å². The molecule has 8 nitrogen and oxygen atoms in total. The Hall–Kier alpha value is -3.56. The Bertz CT molecular complexity index is 1350. The number of anilines is 1. The van der Waals surface area contributed by atoms with Gasteiger partial charge in [0, 0.05) is 18.1 Å². The lowest BCUT2D eigenvalue weighted by atomic mass is 10.1.